The number of hydrogen-bond donors (Lipinski definition) is 1. The Morgan fingerprint density at radius 2 is 2.06 bits per heavy atom. The summed E-state index contributed by atoms with van der Waals surface area (Å²) in [6.45, 7) is 3.92. The number of thioether (sulfide) groups is 1. The van der Waals surface area contributed by atoms with Crippen molar-refractivity contribution in [3.05, 3.63) is 28.7 Å². The van der Waals surface area contributed by atoms with Crippen LogP contribution in [0.15, 0.2) is 28.7 Å². The molecule has 1 atom stereocenters. The molecule has 0 aliphatic carbocycles. The second kappa shape index (κ2) is 8.84. The molecule has 0 heterocycles. The monoisotopic (exact) mass is 317 g/mol. The molecule has 0 saturated carbocycles. The highest BCUT2D eigenvalue weighted by Gasteiger charge is 2.06. The Bertz CT molecular complexity index is 299. The molecule has 0 saturated heterocycles. The van der Waals surface area contributed by atoms with Crippen molar-refractivity contribution in [2.45, 2.75) is 19.4 Å². The smallest absolute Gasteiger partial charge is 0.119 e. The molecule has 1 N–H and O–H groups in total. The van der Waals surface area contributed by atoms with Crippen LogP contribution in [-0.4, -0.2) is 31.2 Å². The summed E-state index contributed by atoms with van der Waals surface area (Å²) < 4.78 is 6.80. The number of benzene rings is 1. The van der Waals surface area contributed by atoms with Crippen LogP contribution in [0.5, 0.6) is 5.75 Å². The van der Waals surface area contributed by atoms with Gasteiger partial charge in [-0.1, -0.05) is 22.9 Å². The van der Waals surface area contributed by atoms with Gasteiger partial charge in [0, 0.05) is 16.3 Å². The molecule has 17 heavy (non-hydrogen) atoms. The zero-order valence-electron chi connectivity index (χ0n) is 10.4. The van der Waals surface area contributed by atoms with Gasteiger partial charge < -0.3 is 10.1 Å². The van der Waals surface area contributed by atoms with E-state index in [9.17, 15) is 0 Å². The van der Waals surface area contributed by atoms with E-state index in [0.29, 0.717) is 6.04 Å². The molecule has 1 aromatic rings. The largest absolute Gasteiger partial charge is 0.494 e. The van der Waals surface area contributed by atoms with E-state index in [1.165, 1.54) is 0 Å². The summed E-state index contributed by atoms with van der Waals surface area (Å²) in [7, 11) is 0. The minimum atomic E-state index is 0.547. The molecule has 0 fully saturated rings. The fourth-order valence-electron chi connectivity index (χ4n) is 1.58. The summed E-state index contributed by atoms with van der Waals surface area (Å²) in [4.78, 5) is 0. The first-order valence-electron chi connectivity index (χ1n) is 5.87. The Balaban J connectivity index is 2.27. The Morgan fingerprint density at radius 3 is 2.65 bits per heavy atom. The number of halogens is 1. The van der Waals surface area contributed by atoms with Crippen molar-refractivity contribution in [1.29, 1.82) is 0 Å². The highest BCUT2D eigenvalue weighted by Crippen LogP contribution is 2.16. The Hall–Kier alpha value is -0.190. The molecule has 0 aromatic heterocycles. The zero-order chi connectivity index (χ0) is 12.5. The van der Waals surface area contributed by atoms with E-state index in [2.05, 4.69) is 34.4 Å². The van der Waals surface area contributed by atoms with Crippen LogP contribution in [0.2, 0.25) is 0 Å². The second-order valence-electron chi connectivity index (χ2n) is 3.80. The number of rotatable bonds is 8. The van der Waals surface area contributed by atoms with Crippen molar-refractivity contribution in [3.63, 3.8) is 0 Å². The van der Waals surface area contributed by atoms with Gasteiger partial charge in [0.25, 0.3) is 0 Å². The van der Waals surface area contributed by atoms with Gasteiger partial charge in [-0.2, -0.15) is 11.8 Å². The summed E-state index contributed by atoms with van der Waals surface area (Å²) in [5, 5.41) is 3.47. The van der Waals surface area contributed by atoms with Crippen molar-refractivity contribution in [2.75, 3.05) is 25.2 Å². The van der Waals surface area contributed by atoms with E-state index in [1.807, 2.05) is 36.0 Å². The number of nitrogens with one attached hydrogen (secondary N) is 1. The molecule has 0 aliphatic rings. The highest BCUT2D eigenvalue weighted by molar-refractivity contribution is 9.10. The van der Waals surface area contributed by atoms with Crippen LogP contribution in [0.1, 0.15) is 13.3 Å². The van der Waals surface area contributed by atoms with Gasteiger partial charge in [-0.3, -0.25) is 0 Å². The van der Waals surface area contributed by atoms with E-state index in [4.69, 9.17) is 4.74 Å². The third kappa shape index (κ3) is 6.34. The SMILES string of the molecule is CCNC(CCOc1ccc(Br)cc1)CSC. The average Bonchev–Trinajstić information content (AvgIpc) is 2.32. The summed E-state index contributed by atoms with van der Waals surface area (Å²) in [6, 6.07) is 8.52. The van der Waals surface area contributed by atoms with Crippen molar-refractivity contribution in [2.24, 2.45) is 0 Å². The molecule has 96 valence electrons. The minimum Gasteiger partial charge on any atom is -0.494 e. The van der Waals surface area contributed by atoms with Crippen LogP contribution in [0.3, 0.4) is 0 Å². The summed E-state index contributed by atoms with van der Waals surface area (Å²) in [5.74, 6) is 2.07. The van der Waals surface area contributed by atoms with Crippen molar-refractivity contribution >= 4 is 27.7 Å². The molecule has 0 radical (unpaired) electrons. The number of hydrogen-bond acceptors (Lipinski definition) is 3. The van der Waals surface area contributed by atoms with Gasteiger partial charge in [0.05, 0.1) is 6.61 Å². The third-order valence-electron chi connectivity index (χ3n) is 2.41. The molecule has 2 nitrogen and oxygen atoms in total. The van der Waals surface area contributed by atoms with Gasteiger partial charge in [-0.05, 0) is 43.5 Å². The summed E-state index contributed by atoms with van der Waals surface area (Å²) >= 11 is 5.28. The maximum atomic E-state index is 5.71. The number of ether oxygens (including phenoxy) is 1. The zero-order valence-corrected chi connectivity index (χ0v) is 12.8. The fourth-order valence-corrected chi connectivity index (χ4v) is 2.54. The minimum absolute atomic E-state index is 0.547. The molecule has 0 aliphatic heterocycles. The van der Waals surface area contributed by atoms with E-state index in [1.54, 1.807) is 0 Å². The van der Waals surface area contributed by atoms with Crippen LogP contribution in [0, 0.1) is 0 Å². The van der Waals surface area contributed by atoms with Crippen molar-refractivity contribution < 1.29 is 4.74 Å². The van der Waals surface area contributed by atoms with Crippen molar-refractivity contribution in [1.82, 2.24) is 5.32 Å². The Kier molecular flexibility index (Phi) is 7.73. The highest BCUT2D eigenvalue weighted by atomic mass is 79.9. The lowest BCUT2D eigenvalue weighted by Gasteiger charge is -2.16. The topological polar surface area (TPSA) is 21.3 Å². The molecular weight excluding hydrogens is 298 g/mol. The average molecular weight is 318 g/mol. The predicted molar refractivity (Wildman–Crippen MR) is 80.1 cm³/mol. The maximum Gasteiger partial charge on any atom is 0.119 e. The van der Waals surface area contributed by atoms with E-state index < -0.39 is 0 Å². The predicted octanol–water partition coefficient (Wildman–Crippen LogP) is 3.56. The molecule has 1 rings (SSSR count). The first-order chi connectivity index (χ1) is 8.26. The van der Waals surface area contributed by atoms with Gasteiger partial charge >= 0.3 is 0 Å². The van der Waals surface area contributed by atoms with E-state index >= 15 is 0 Å². The normalized spacial score (nSPS) is 12.4. The van der Waals surface area contributed by atoms with E-state index in [0.717, 1.165) is 35.5 Å². The molecular formula is C13H20BrNOS. The first-order valence-corrected chi connectivity index (χ1v) is 8.05. The van der Waals surface area contributed by atoms with Gasteiger partial charge in [-0.25, -0.2) is 0 Å². The molecule has 4 heteroatoms. The van der Waals surface area contributed by atoms with Crippen LogP contribution in [0.25, 0.3) is 0 Å². The van der Waals surface area contributed by atoms with Gasteiger partial charge in [0.2, 0.25) is 0 Å². The molecule has 1 unspecified atom stereocenters. The fraction of sp³-hybridized carbons (Fsp3) is 0.538. The summed E-state index contributed by atoms with van der Waals surface area (Å²) in [6.07, 6.45) is 3.19. The van der Waals surface area contributed by atoms with E-state index in [-0.39, 0.29) is 0 Å². The Morgan fingerprint density at radius 1 is 1.35 bits per heavy atom. The first kappa shape index (κ1) is 14.9. The standard InChI is InChI=1S/C13H20BrNOS/c1-3-15-12(10-17-2)8-9-16-13-6-4-11(14)5-7-13/h4-7,12,15H,3,8-10H2,1-2H3. The lowest BCUT2D eigenvalue weighted by atomic mass is 10.2. The Labute approximate surface area is 117 Å². The van der Waals surface area contributed by atoms with Crippen LogP contribution >= 0.6 is 27.7 Å². The molecule has 1 aromatic carbocycles. The third-order valence-corrected chi connectivity index (χ3v) is 3.67. The van der Waals surface area contributed by atoms with Crippen molar-refractivity contribution in [3.8, 4) is 5.75 Å². The van der Waals surface area contributed by atoms with Crippen LogP contribution in [-0.2, 0) is 0 Å². The van der Waals surface area contributed by atoms with Crippen LogP contribution in [0.4, 0.5) is 0 Å². The molecule has 0 bridgehead atoms. The quantitative estimate of drug-likeness (QED) is 0.792. The molecule has 0 amide bonds. The lowest BCUT2D eigenvalue weighted by Crippen LogP contribution is -2.32. The van der Waals surface area contributed by atoms with Crippen LogP contribution < -0.4 is 10.1 Å². The van der Waals surface area contributed by atoms with Gasteiger partial charge in [-0.15, -0.1) is 0 Å². The molecule has 0 spiro atoms. The second-order valence-corrected chi connectivity index (χ2v) is 5.63. The van der Waals surface area contributed by atoms with Gasteiger partial charge in [0.15, 0.2) is 0 Å². The van der Waals surface area contributed by atoms with Gasteiger partial charge in [0.1, 0.15) is 5.75 Å². The maximum absolute atomic E-state index is 5.71. The lowest BCUT2D eigenvalue weighted by molar-refractivity contribution is 0.292. The summed E-state index contributed by atoms with van der Waals surface area (Å²) in [5.41, 5.74) is 0.